The van der Waals surface area contributed by atoms with Crippen molar-refractivity contribution in [1.29, 1.82) is 0 Å². The normalized spacial score (nSPS) is 12.9. The summed E-state index contributed by atoms with van der Waals surface area (Å²) in [5, 5.41) is 0.776. The lowest BCUT2D eigenvalue weighted by Gasteiger charge is -2.22. The van der Waals surface area contributed by atoms with Crippen molar-refractivity contribution in [2.24, 2.45) is 0 Å². The summed E-state index contributed by atoms with van der Waals surface area (Å²) in [6.45, 7) is 7.98. The topological polar surface area (TPSA) is 18.5 Å². The number of hydrogen-bond donors (Lipinski definition) is 0. The van der Waals surface area contributed by atoms with Gasteiger partial charge in [0.25, 0.3) is 0 Å². The molecular formula is C14H23ClO2Si. The molecule has 1 rings (SSSR count). The van der Waals surface area contributed by atoms with E-state index in [1.165, 1.54) is 5.56 Å². The highest BCUT2D eigenvalue weighted by molar-refractivity contribution is 6.46. The third kappa shape index (κ3) is 5.10. The van der Waals surface area contributed by atoms with E-state index in [1.807, 2.05) is 18.2 Å². The molecule has 1 atom stereocenters. The quantitative estimate of drug-likeness (QED) is 0.671. The highest BCUT2D eigenvalue weighted by Crippen LogP contribution is 2.23. The average Bonchev–Trinajstić information content (AvgIpc) is 2.38. The molecule has 0 saturated heterocycles. The SMILES string of the molecule is CCCO[SiH](OCCC)C(C)c1cccc(Cl)c1. The fourth-order valence-electron chi connectivity index (χ4n) is 1.75. The van der Waals surface area contributed by atoms with Gasteiger partial charge in [-0.25, -0.2) is 0 Å². The molecule has 0 amide bonds. The molecule has 0 spiro atoms. The standard InChI is InChI=1S/C14H23ClO2Si/c1-4-9-16-18(17-10-5-2)12(3)13-7-6-8-14(15)11-13/h6-8,11-12,18H,4-5,9-10H2,1-3H3. The molecule has 0 aromatic heterocycles. The molecule has 1 aromatic rings. The molecule has 1 aromatic carbocycles. The van der Waals surface area contributed by atoms with Crippen LogP contribution in [0.1, 0.15) is 44.7 Å². The second-order valence-electron chi connectivity index (χ2n) is 4.45. The van der Waals surface area contributed by atoms with Gasteiger partial charge in [0.05, 0.1) is 0 Å². The van der Waals surface area contributed by atoms with E-state index >= 15 is 0 Å². The second-order valence-corrected chi connectivity index (χ2v) is 7.29. The monoisotopic (exact) mass is 286 g/mol. The first-order valence-corrected chi connectivity index (χ1v) is 8.66. The van der Waals surface area contributed by atoms with Gasteiger partial charge in [0.1, 0.15) is 0 Å². The van der Waals surface area contributed by atoms with Crippen molar-refractivity contribution in [2.45, 2.75) is 39.2 Å². The maximum Gasteiger partial charge on any atom is 0.328 e. The van der Waals surface area contributed by atoms with E-state index in [9.17, 15) is 0 Å². The number of benzene rings is 1. The van der Waals surface area contributed by atoms with Crippen molar-refractivity contribution in [3.63, 3.8) is 0 Å². The number of halogens is 1. The van der Waals surface area contributed by atoms with Crippen LogP contribution >= 0.6 is 11.6 Å². The second kappa shape index (κ2) is 8.70. The first-order chi connectivity index (χ1) is 8.69. The summed E-state index contributed by atoms with van der Waals surface area (Å²) in [6.07, 6.45) is 2.06. The molecule has 0 aliphatic rings. The molecular weight excluding hydrogens is 264 g/mol. The van der Waals surface area contributed by atoms with Gasteiger partial charge in [-0.1, -0.05) is 44.5 Å². The molecule has 0 aliphatic carbocycles. The van der Waals surface area contributed by atoms with Crippen molar-refractivity contribution in [3.8, 4) is 0 Å². The molecule has 0 saturated carbocycles. The summed E-state index contributed by atoms with van der Waals surface area (Å²) < 4.78 is 11.8. The van der Waals surface area contributed by atoms with Gasteiger partial charge >= 0.3 is 9.28 Å². The minimum atomic E-state index is -1.67. The van der Waals surface area contributed by atoms with Gasteiger partial charge in [-0.15, -0.1) is 0 Å². The fourth-order valence-corrected chi connectivity index (χ4v) is 4.08. The van der Waals surface area contributed by atoms with Crippen LogP contribution in [0.25, 0.3) is 0 Å². The van der Waals surface area contributed by atoms with Crippen LogP contribution in [-0.2, 0) is 8.85 Å². The number of rotatable bonds is 8. The van der Waals surface area contributed by atoms with E-state index in [1.54, 1.807) is 0 Å². The molecule has 2 nitrogen and oxygen atoms in total. The maximum atomic E-state index is 6.04. The van der Waals surface area contributed by atoms with Crippen molar-refractivity contribution in [3.05, 3.63) is 34.9 Å². The molecule has 0 heterocycles. The van der Waals surface area contributed by atoms with Gasteiger partial charge in [0, 0.05) is 23.8 Å². The van der Waals surface area contributed by atoms with E-state index in [0.717, 1.165) is 31.1 Å². The lowest BCUT2D eigenvalue weighted by Crippen LogP contribution is -2.30. The fraction of sp³-hybridized carbons (Fsp3) is 0.571. The summed E-state index contributed by atoms with van der Waals surface area (Å²) in [6, 6.07) is 7.99. The van der Waals surface area contributed by atoms with Gasteiger partial charge in [-0.05, 0) is 30.5 Å². The molecule has 4 heteroatoms. The molecule has 18 heavy (non-hydrogen) atoms. The van der Waals surface area contributed by atoms with Gasteiger partial charge in [-0.2, -0.15) is 0 Å². The smallest absolute Gasteiger partial charge is 0.328 e. The van der Waals surface area contributed by atoms with Crippen molar-refractivity contribution in [1.82, 2.24) is 0 Å². The largest absolute Gasteiger partial charge is 0.396 e. The lowest BCUT2D eigenvalue weighted by molar-refractivity contribution is 0.190. The summed E-state index contributed by atoms with van der Waals surface area (Å²) in [5.74, 6) is 0. The van der Waals surface area contributed by atoms with Gasteiger partial charge < -0.3 is 8.85 Å². The summed E-state index contributed by atoms with van der Waals surface area (Å²) in [4.78, 5) is 0. The highest BCUT2D eigenvalue weighted by Gasteiger charge is 2.23. The van der Waals surface area contributed by atoms with Crippen molar-refractivity contribution in [2.75, 3.05) is 13.2 Å². The van der Waals surface area contributed by atoms with E-state index in [2.05, 4.69) is 26.8 Å². The molecule has 1 unspecified atom stereocenters. The van der Waals surface area contributed by atoms with E-state index < -0.39 is 9.28 Å². The van der Waals surface area contributed by atoms with Crippen LogP contribution in [0.15, 0.2) is 24.3 Å². The molecule has 0 aliphatic heterocycles. The Morgan fingerprint density at radius 1 is 1.17 bits per heavy atom. The Labute approximate surface area is 117 Å². The predicted molar refractivity (Wildman–Crippen MR) is 79.5 cm³/mol. The van der Waals surface area contributed by atoms with Crippen LogP contribution in [0.5, 0.6) is 0 Å². The zero-order chi connectivity index (χ0) is 13.4. The van der Waals surface area contributed by atoms with Crippen molar-refractivity contribution >= 4 is 20.9 Å². The zero-order valence-corrected chi connectivity index (χ0v) is 13.4. The Balaban J connectivity index is 2.70. The Morgan fingerprint density at radius 2 is 1.78 bits per heavy atom. The van der Waals surface area contributed by atoms with Crippen molar-refractivity contribution < 1.29 is 8.85 Å². The van der Waals surface area contributed by atoms with Gasteiger partial charge in [-0.3, -0.25) is 0 Å². The Kier molecular flexibility index (Phi) is 7.59. The van der Waals surface area contributed by atoms with Crippen LogP contribution in [0.3, 0.4) is 0 Å². The van der Waals surface area contributed by atoms with Crippen LogP contribution in [0, 0.1) is 0 Å². The number of hydrogen-bond acceptors (Lipinski definition) is 2. The average molecular weight is 287 g/mol. The van der Waals surface area contributed by atoms with Gasteiger partial charge in [0.2, 0.25) is 0 Å². The van der Waals surface area contributed by atoms with Crippen LogP contribution in [0.2, 0.25) is 5.02 Å². The molecule has 0 fully saturated rings. The Morgan fingerprint density at radius 3 is 2.28 bits per heavy atom. The highest BCUT2D eigenvalue weighted by atomic mass is 35.5. The summed E-state index contributed by atoms with van der Waals surface area (Å²) in [5.41, 5.74) is 1.54. The minimum Gasteiger partial charge on any atom is -0.396 e. The van der Waals surface area contributed by atoms with E-state index in [4.69, 9.17) is 20.5 Å². The molecule has 0 bridgehead atoms. The molecule has 0 N–H and O–H groups in total. The lowest BCUT2D eigenvalue weighted by atomic mass is 10.2. The summed E-state index contributed by atoms with van der Waals surface area (Å²) in [7, 11) is -1.67. The maximum absolute atomic E-state index is 6.04. The molecule has 0 radical (unpaired) electrons. The van der Waals surface area contributed by atoms with E-state index in [-0.39, 0.29) is 0 Å². The Bertz CT molecular complexity index is 338. The summed E-state index contributed by atoms with van der Waals surface area (Å²) >= 11 is 6.04. The van der Waals surface area contributed by atoms with Gasteiger partial charge in [0.15, 0.2) is 0 Å². The first kappa shape index (κ1) is 15.7. The first-order valence-electron chi connectivity index (χ1n) is 6.67. The van der Waals surface area contributed by atoms with Crippen LogP contribution in [-0.4, -0.2) is 22.5 Å². The minimum absolute atomic E-state index is 0.321. The zero-order valence-electron chi connectivity index (χ0n) is 11.5. The predicted octanol–water partition coefficient (Wildman–Crippen LogP) is 4.06. The molecule has 102 valence electrons. The van der Waals surface area contributed by atoms with Crippen LogP contribution < -0.4 is 0 Å². The van der Waals surface area contributed by atoms with E-state index in [0.29, 0.717) is 5.54 Å². The third-order valence-corrected chi connectivity index (χ3v) is 5.32. The third-order valence-electron chi connectivity index (χ3n) is 2.76. The Hall–Kier alpha value is -0.353. The van der Waals surface area contributed by atoms with Crippen LogP contribution in [0.4, 0.5) is 0 Å².